The smallest absolute Gasteiger partial charge is 0.303 e. The lowest BCUT2D eigenvalue weighted by Gasteiger charge is -2.18. The fraction of sp³-hybridized carbons (Fsp3) is 0.118. The van der Waals surface area contributed by atoms with E-state index in [0.29, 0.717) is 28.3 Å². The van der Waals surface area contributed by atoms with Gasteiger partial charge in [0.1, 0.15) is 23.3 Å². The third-order valence-electron chi connectivity index (χ3n) is 7.06. The average Bonchev–Trinajstić information content (AvgIpc) is 3.01. The maximum atomic E-state index is 14.5. The SMILES string of the molecule is N#Cc1c(C(F)(F)F)cc(-c2ccc(-c3cc(SCc4ccccc4)cc(C(F)(F)F)c3)cc2)n(Cc2ccc(F)cc2F)c1=O. The van der Waals surface area contributed by atoms with Crippen LogP contribution in [0.3, 0.4) is 0 Å². The molecule has 46 heavy (non-hydrogen) atoms. The van der Waals surface area contributed by atoms with Gasteiger partial charge in [-0.1, -0.05) is 60.7 Å². The molecule has 0 radical (unpaired) electrons. The van der Waals surface area contributed by atoms with Crippen molar-refractivity contribution in [2.24, 2.45) is 0 Å². The summed E-state index contributed by atoms with van der Waals surface area (Å²) >= 11 is 1.20. The number of aromatic nitrogens is 1. The molecule has 1 heterocycles. The van der Waals surface area contributed by atoms with E-state index in [-0.39, 0.29) is 22.4 Å². The molecule has 0 aliphatic rings. The molecular weight excluding hydrogens is 636 g/mol. The molecule has 5 aromatic rings. The van der Waals surface area contributed by atoms with Crippen LogP contribution in [0.5, 0.6) is 0 Å². The van der Waals surface area contributed by atoms with Crippen LogP contribution in [-0.4, -0.2) is 4.57 Å². The second-order valence-electron chi connectivity index (χ2n) is 10.2. The molecule has 0 N–H and O–H groups in total. The van der Waals surface area contributed by atoms with Crippen LogP contribution in [0, 0.1) is 23.0 Å². The van der Waals surface area contributed by atoms with Gasteiger partial charge in [0.2, 0.25) is 0 Å². The quantitative estimate of drug-likeness (QED) is 0.130. The molecule has 12 heteroatoms. The van der Waals surface area contributed by atoms with Crippen molar-refractivity contribution in [3.8, 4) is 28.5 Å². The summed E-state index contributed by atoms with van der Waals surface area (Å²) in [6.07, 6.45) is -9.74. The van der Waals surface area contributed by atoms with Gasteiger partial charge in [0.25, 0.3) is 5.56 Å². The van der Waals surface area contributed by atoms with Gasteiger partial charge in [0.15, 0.2) is 0 Å². The molecule has 0 unspecified atom stereocenters. The van der Waals surface area contributed by atoms with Gasteiger partial charge in [-0.3, -0.25) is 4.79 Å². The summed E-state index contributed by atoms with van der Waals surface area (Å²) in [5, 5.41) is 9.40. The monoisotopic (exact) mass is 656 g/mol. The fourth-order valence-electron chi connectivity index (χ4n) is 4.78. The number of nitrogens with zero attached hydrogens (tertiary/aromatic N) is 2. The molecule has 3 nitrogen and oxygen atoms in total. The van der Waals surface area contributed by atoms with Gasteiger partial charge in [-0.15, -0.1) is 11.8 Å². The molecule has 0 aliphatic carbocycles. The lowest BCUT2D eigenvalue weighted by atomic mass is 9.99. The first kappa shape index (κ1) is 32.5. The molecule has 0 saturated carbocycles. The highest BCUT2D eigenvalue weighted by Gasteiger charge is 2.37. The van der Waals surface area contributed by atoms with Gasteiger partial charge in [0.05, 0.1) is 23.4 Å². The average molecular weight is 657 g/mol. The highest BCUT2D eigenvalue weighted by atomic mass is 32.2. The molecular formula is C34H20F8N2OS. The van der Waals surface area contributed by atoms with Gasteiger partial charge in [0, 0.05) is 22.3 Å². The summed E-state index contributed by atoms with van der Waals surface area (Å²) in [7, 11) is 0. The highest BCUT2D eigenvalue weighted by Crippen LogP contribution is 2.38. The molecule has 1 aromatic heterocycles. The van der Waals surface area contributed by atoms with E-state index in [1.807, 2.05) is 30.3 Å². The van der Waals surface area contributed by atoms with Crippen molar-refractivity contribution < 1.29 is 35.1 Å². The molecule has 0 atom stereocenters. The first-order valence-electron chi connectivity index (χ1n) is 13.4. The molecule has 4 aromatic carbocycles. The number of pyridine rings is 1. The summed E-state index contributed by atoms with van der Waals surface area (Å²) in [5.74, 6) is -1.56. The fourth-order valence-corrected chi connectivity index (χ4v) is 5.73. The van der Waals surface area contributed by atoms with Crippen LogP contribution in [0.15, 0.2) is 107 Å². The molecule has 0 saturated heterocycles. The van der Waals surface area contributed by atoms with Gasteiger partial charge in [-0.05, 0) is 52.6 Å². The molecule has 0 spiro atoms. The number of rotatable bonds is 7. The Morgan fingerprint density at radius 3 is 2.02 bits per heavy atom. The summed E-state index contributed by atoms with van der Waals surface area (Å²) in [5.41, 5.74) is -4.08. The van der Waals surface area contributed by atoms with Crippen molar-refractivity contribution in [3.05, 3.63) is 147 Å². The zero-order valence-corrected chi connectivity index (χ0v) is 24.2. The Balaban J connectivity index is 1.59. The first-order valence-corrected chi connectivity index (χ1v) is 14.4. The third-order valence-corrected chi connectivity index (χ3v) is 8.10. The zero-order chi connectivity index (χ0) is 33.2. The molecule has 0 fully saturated rings. The van der Waals surface area contributed by atoms with E-state index in [0.717, 1.165) is 34.4 Å². The predicted molar refractivity (Wildman–Crippen MR) is 158 cm³/mol. The van der Waals surface area contributed by atoms with Crippen molar-refractivity contribution in [3.63, 3.8) is 0 Å². The van der Waals surface area contributed by atoms with Crippen molar-refractivity contribution in [2.75, 3.05) is 0 Å². The predicted octanol–water partition coefficient (Wildman–Crippen LogP) is 9.71. The zero-order valence-electron chi connectivity index (χ0n) is 23.4. The van der Waals surface area contributed by atoms with Gasteiger partial charge < -0.3 is 4.57 Å². The second kappa shape index (κ2) is 12.8. The summed E-state index contributed by atoms with van der Waals surface area (Å²) in [6, 6.07) is 22.4. The lowest BCUT2D eigenvalue weighted by molar-refractivity contribution is -0.138. The molecule has 234 valence electrons. The summed E-state index contributed by atoms with van der Waals surface area (Å²) in [4.78, 5) is 13.5. The normalized spacial score (nSPS) is 11.8. The topological polar surface area (TPSA) is 45.8 Å². The van der Waals surface area contributed by atoms with E-state index in [1.54, 1.807) is 6.07 Å². The van der Waals surface area contributed by atoms with Gasteiger partial charge in [-0.2, -0.15) is 31.6 Å². The number of thioether (sulfide) groups is 1. The molecule has 0 amide bonds. The number of hydrogen-bond donors (Lipinski definition) is 0. The largest absolute Gasteiger partial charge is 0.417 e. The van der Waals surface area contributed by atoms with Crippen LogP contribution >= 0.6 is 11.8 Å². The minimum Gasteiger partial charge on any atom is -0.303 e. The van der Waals surface area contributed by atoms with E-state index in [9.17, 15) is 45.2 Å². The van der Waals surface area contributed by atoms with Crippen LogP contribution in [0.25, 0.3) is 22.4 Å². The van der Waals surface area contributed by atoms with Crippen LogP contribution in [0.4, 0.5) is 35.1 Å². The molecule has 0 bridgehead atoms. The van der Waals surface area contributed by atoms with Crippen molar-refractivity contribution in [1.29, 1.82) is 5.26 Å². The lowest BCUT2D eigenvalue weighted by Crippen LogP contribution is -2.29. The number of nitriles is 1. The Morgan fingerprint density at radius 2 is 1.41 bits per heavy atom. The van der Waals surface area contributed by atoms with Crippen molar-refractivity contribution in [1.82, 2.24) is 4.57 Å². The Bertz CT molecular complexity index is 1990. The van der Waals surface area contributed by atoms with Crippen LogP contribution in [0.2, 0.25) is 0 Å². The van der Waals surface area contributed by atoms with Crippen molar-refractivity contribution in [2.45, 2.75) is 29.5 Å². The van der Waals surface area contributed by atoms with E-state index in [2.05, 4.69) is 0 Å². The first-order chi connectivity index (χ1) is 21.7. The highest BCUT2D eigenvalue weighted by molar-refractivity contribution is 7.98. The number of benzene rings is 4. The molecule has 5 rings (SSSR count). The van der Waals surface area contributed by atoms with E-state index in [4.69, 9.17) is 0 Å². The van der Waals surface area contributed by atoms with Gasteiger partial charge in [-0.25, -0.2) is 8.78 Å². The van der Waals surface area contributed by atoms with E-state index < -0.39 is 52.8 Å². The number of hydrogen-bond acceptors (Lipinski definition) is 3. The van der Waals surface area contributed by atoms with Gasteiger partial charge >= 0.3 is 12.4 Å². The summed E-state index contributed by atoms with van der Waals surface area (Å²) in [6.45, 7) is -0.634. The van der Waals surface area contributed by atoms with Crippen LogP contribution in [-0.2, 0) is 24.7 Å². The Morgan fingerprint density at radius 1 is 0.739 bits per heavy atom. The van der Waals surface area contributed by atoms with Crippen LogP contribution < -0.4 is 5.56 Å². The maximum Gasteiger partial charge on any atom is 0.417 e. The third kappa shape index (κ3) is 7.15. The standard InChI is InChI=1S/C34H20F8N2OS/c35-26-11-10-23(30(36)15-26)18-44-31(16-29(34(40,41)42)28(17-43)32(44)45)22-8-6-21(7-9-22)24-12-25(33(37,38)39)14-27(13-24)46-19-20-4-2-1-3-5-20/h1-16H,18-19H2. The Hall–Kier alpha value is -4.89. The number of halogens is 8. The minimum absolute atomic E-state index is 0.0315. The molecule has 0 aliphatic heterocycles. The Kier molecular flexibility index (Phi) is 9.08. The van der Waals surface area contributed by atoms with E-state index >= 15 is 0 Å². The van der Waals surface area contributed by atoms with Crippen molar-refractivity contribution >= 4 is 11.8 Å². The Labute approximate surface area is 261 Å². The maximum absolute atomic E-state index is 14.5. The second-order valence-corrected chi connectivity index (χ2v) is 11.2. The number of alkyl halides is 6. The van der Waals surface area contributed by atoms with Crippen LogP contribution in [0.1, 0.15) is 27.8 Å². The minimum atomic E-state index is -5.09. The summed E-state index contributed by atoms with van der Waals surface area (Å²) < 4.78 is 112. The van der Waals surface area contributed by atoms with E-state index in [1.165, 1.54) is 42.1 Å².